The standard InChI is InChI=1S/C25H27NO2.2C2H6.U/c1-3-20-13-19(22-6-4-5-7-24(22)26-20)15-27-21-10-8-17(9-11-21)12-18-14-23(18)25-16(2)28-25;2*1-2;/h4-11,13,16,18,23,25H,3,12,14-15H2,1-2H3;2*1-2H3;/t16?,18?,23-,25?;;;/m0.../s1. The van der Waals surface area contributed by atoms with E-state index in [1.165, 1.54) is 22.9 Å². The first-order chi connectivity index (χ1) is 15.7. The van der Waals surface area contributed by atoms with Crippen LogP contribution in [0.25, 0.3) is 10.9 Å². The summed E-state index contributed by atoms with van der Waals surface area (Å²) >= 11 is 0. The van der Waals surface area contributed by atoms with Gasteiger partial charge < -0.3 is 9.47 Å². The number of aromatic nitrogens is 1. The molecule has 1 aromatic heterocycles. The molecule has 5 rings (SSSR count). The first kappa shape index (κ1) is 27.9. The summed E-state index contributed by atoms with van der Waals surface area (Å²) < 4.78 is 11.7. The monoisotopic (exact) mass is 671 g/mol. The van der Waals surface area contributed by atoms with Crippen molar-refractivity contribution < 1.29 is 40.6 Å². The van der Waals surface area contributed by atoms with Gasteiger partial charge in [0.15, 0.2) is 0 Å². The van der Waals surface area contributed by atoms with Crippen LogP contribution in [0.2, 0.25) is 0 Å². The van der Waals surface area contributed by atoms with Gasteiger partial charge in [0.05, 0.1) is 17.7 Å². The van der Waals surface area contributed by atoms with Gasteiger partial charge in [-0.1, -0.05) is 65.0 Å². The Labute approximate surface area is 224 Å². The molecule has 33 heavy (non-hydrogen) atoms. The molecule has 3 unspecified atom stereocenters. The Kier molecular flexibility index (Phi) is 11.4. The van der Waals surface area contributed by atoms with Crippen molar-refractivity contribution >= 4 is 10.9 Å². The number of epoxide rings is 1. The number of fused-ring (bicyclic) bond motifs is 1. The van der Waals surface area contributed by atoms with Gasteiger partial charge in [0.1, 0.15) is 12.4 Å². The molecule has 0 amide bonds. The first-order valence-electron chi connectivity index (χ1n) is 12.5. The van der Waals surface area contributed by atoms with Crippen molar-refractivity contribution in [2.45, 2.75) is 79.6 Å². The van der Waals surface area contributed by atoms with Crippen LogP contribution in [0, 0.1) is 42.9 Å². The third-order valence-corrected chi connectivity index (χ3v) is 6.19. The van der Waals surface area contributed by atoms with Gasteiger partial charge in [-0.2, -0.15) is 0 Å². The second kappa shape index (κ2) is 13.5. The molecule has 2 aromatic carbocycles. The quantitative estimate of drug-likeness (QED) is 0.246. The van der Waals surface area contributed by atoms with E-state index >= 15 is 0 Å². The molecule has 0 radical (unpaired) electrons. The van der Waals surface area contributed by atoms with E-state index in [0.29, 0.717) is 18.8 Å². The molecular weight excluding hydrogens is 632 g/mol. The molecule has 3 nitrogen and oxygen atoms in total. The van der Waals surface area contributed by atoms with Crippen molar-refractivity contribution in [3.63, 3.8) is 0 Å². The van der Waals surface area contributed by atoms with E-state index in [1.54, 1.807) is 0 Å². The zero-order valence-corrected chi connectivity index (χ0v) is 25.3. The fourth-order valence-corrected chi connectivity index (χ4v) is 4.35. The van der Waals surface area contributed by atoms with E-state index in [9.17, 15) is 0 Å². The topological polar surface area (TPSA) is 34.6 Å². The van der Waals surface area contributed by atoms with Crippen LogP contribution in [0.3, 0.4) is 0 Å². The Morgan fingerprint density at radius 3 is 2.30 bits per heavy atom. The van der Waals surface area contributed by atoms with Crippen LogP contribution < -0.4 is 4.74 Å². The minimum Gasteiger partial charge on any atom is -0.489 e. The maximum Gasteiger partial charge on any atom is 0.119 e. The number of hydrogen-bond acceptors (Lipinski definition) is 3. The maximum absolute atomic E-state index is 6.11. The van der Waals surface area contributed by atoms with Gasteiger partial charge in [0.2, 0.25) is 0 Å². The number of hydrogen-bond donors (Lipinski definition) is 0. The molecule has 1 aliphatic carbocycles. The number of ether oxygens (including phenoxy) is 2. The number of pyridine rings is 1. The third-order valence-electron chi connectivity index (χ3n) is 6.19. The van der Waals surface area contributed by atoms with Crippen molar-refractivity contribution in [2.75, 3.05) is 0 Å². The van der Waals surface area contributed by atoms with E-state index in [1.807, 2.05) is 33.8 Å². The summed E-state index contributed by atoms with van der Waals surface area (Å²) in [5.41, 5.74) is 4.76. The van der Waals surface area contributed by atoms with Crippen LogP contribution >= 0.6 is 0 Å². The molecular formula is C29H39NO2U. The normalized spacial score (nSPS) is 22.1. The van der Waals surface area contributed by atoms with Crippen molar-refractivity contribution in [1.82, 2.24) is 4.98 Å². The van der Waals surface area contributed by atoms with Gasteiger partial charge in [-0.3, -0.25) is 4.98 Å². The zero-order chi connectivity index (χ0) is 23.1. The summed E-state index contributed by atoms with van der Waals surface area (Å²) in [5.74, 6) is 2.52. The summed E-state index contributed by atoms with van der Waals surface area (Å²) in [6.07, 6.45) is 4.44. The van der Waals surface area contributed by atoms with Crippen molar-refractivity contribution in [3.05, 3.63) is 71.4 Å². The first-order valence-corrected chi connectivity index (χ1v) is 12.5. The van der Waals surface area contributed by atoms with Gasteiger partial charge in [0, 0.05) is 47.8 Å². The predicted octanol–water partition coefficient (Wildman–Crippen LogP) is 7.39. The zero-order valence-electron chi connectivity index (χ0n) is 21.1. The van der Waals surface area contributed by atoms with E-state index < -0.39 is 0 Å². The van der Waals surface area contributed by atoms with Crippen molar-refractivity contribution in [1.29, 1.82) is 0 Å². The molecule has 0 spiro atoms. The maximum atomic E-state index is 6.11. The van der Waals surface area contributed by atoms with Gasteiger partial charge in [-0.05, 0) is 67.9 Å². The van der Waals surface area contributed by atoms with Crippen LogP contribution in [-0.2, 0) is 24.2 Å². The molecule has 3 aromatic rings. The molecule has 2 fully saturated rings. The van der Waals surface area contributed by atoms with Gasteiger partial charge in [-0.15, -0.1) is 0 Å². The Balaban J connectivity index is 0.000000733. The predicted molar refractivity (Wildman–Crippen MR) is 134 cm³/mol. The second-order valence-corrected chi connectivity index (χ2v) is 8.25. The summed E-state index contributed by atoms with van der Waals surface area (Å²) in [7, 11) is 0. The Morgan fingerprint density at radius 2 is 1.67 bits per heavy atom. The fraction of sp³-hybridized carbons (Fsp3) is 0.483. The number of nitrogens with zero attached hydrogens (tertiary/aromatic N) is 1. The van der Waals surface area contributed by atoms with Gasteiger partial charge in [0.25, 0.3) is 0 Å². The summed E-state index contributed by atoms with van der Waals surface area (Å²) in [5, 5.41) is 1.17. The van der Waals surface area contributed by atoms with Gasteiger partial charge in [-0.25, -0.2) is 0 Å². The molecule has 0 bridgehead atoms. The van der Waals surface area contributed by atoms with Crippen LogP contribution in [0.5, 0.6) is 5.75 Å². The number of aryl methyl sites for hydroxylation is 1. The third kappa shape index (κ3) is 7.32. The van der Waals surface area contributed by atoms with Gasteiger partial charge >= 0.3 is 0 Å². The van der Waals surface area contributed by atoms with Crippen LogP contribution in [0.1, 0.15) is 64.8 Å². The van der Waals surface area contributed by atoms with Crippen molar-refractivity contribution in [2.24, 2.45) is 11.8 Å². The van der Waals surface area contributed by atoms with E-state index in [4.69, 9.17) is 14.5 Å². The number of benzene rings is 2. The minimum absolute atomic E-state index is 0. The molecule has 1 saturated heterocycles. The molecule has 0 N–H and O–H groups in total. The largest absolute Gasteiger partial charge is 0.489 e. The van der Waals surface area contributed by atoms with Crippen LogP contribution in [0.4, 0.5) is 0 Å². The average molecular weight is 672 g/mol. The van der Waals surface area contributed by atoms with Crippen LogP contribution in [0.15, 0.2) is 54.6 Å². The average Bonchev–Trinajstić information content (AvgIpc) is 3.78. The molecule has 2 aliphatic rings. The summed E-state index contributed by atoms with van der Waals surface area (Å²) in [6, 6.07) is 19.1. The molecule has 4 atom stereocenters. The Hall–Kier alpha value is -1.34. The SMILES string of the molecule is CC.CC.CCc1cc(COc2ccc(CC3C[C@@H]3C3OC3C)cc2)c2ccccc2n1.[U]. The minimum atomic E-state index is 0. The number of para-hydroxylation sites is 1. The Bertz CT molecular complexity index is 989. The summed E-state index contributed by atoms with van der Waals surface area (Å²) in [4.78, 5) is 4.72. The molecule has 2 heterocycles. The summed E-state index contributed by atoms with van der Waals surface area (Å²) in [6.45, 7) is 12.9. The van der Waals surface area contributed by atoms with E-state index in [-0.39, 0.29) is 31.1 Å². The smallest absolute Gasteiger partial charge is 0.119 e. The van der Waals surface area contributed by atoms with Crippen LogP contribution in [-0.4, -0.2) is 17.2 Å². The number of rotatable bonds is 7. The molecule has 1 saturated carbocycles. The van der Waals surface area contributed by atoms with E-state index in [2.05, 4.69) is 62.4 Å². The fourth-order valence-electron chi connectivity index (χ4n) is 4.35. The second-order valence-electron chi connectivity index (χ2n) is 8.25. The van der Waals surface area contributed by atoms with E-state index in [0.717, 1.165) is 41.6 Å². The Morgan fingerprint density at radius 1 is 1.00 bits per heavy atom. The van der Waals surface area contributed by atoms with Crippen molar-refractivity contribution in [3.8, 4) is 5.75 Å². The molecule has 4 heteroatoms. The molecule has 1 aliphatic heterocycles. The molecule has 176 valence electrons.